The summed E-state index contributed by atoms with van der Waals surface area (Å²) in [6.07, 6.45) is 8.47. The Balaban J connectivity index is 1.82. The minimum atomic E-state index is -0.0461. The predicted molar refractivity (Wildman–Crippen MR) is 73.0 cm³/mol. The van der Waals surface area contributed by atoms with E-state index in [9.17, 15) is 4.79 Å². The fourth-order valence-electron chi connectivity index (χ4n) is 2.43. The van der Waals surface area contributed by atoms with Crippen molar-refractivity contribution in [3.8, 4) is 0 Å². The number of hydrogen-bond acceptors (Lipinski definition) is 4. The van der Waals surface area contributed by atoms with Crippen molar-refractivity contribution in [2.45, 2.75) is 44.4 Å². The van der Waals surface area contributed by atoms with E-state index in [-0.39, 0.29) is 12.5 Å². The van der Waals surface area contributed by atoms with Crippen molar-refractivity contribution in [1.82, 2.24) is 15.1 Å². The summed E-state index contributed by atoms with van der Waals surface area (Å²) in [5, 5.41) is 10.2. The molecule has 1 fully saturated rings. The number of rotatable bonds is 5. The van der Waals surface area contributed by atoms with E-state index in [2.05, 4.69) is 15.7 Å². The van der Waals surface area contributed by atoms with E-state index in [1.165, 1.54) is 0 Å². The molecule has 1 aromatic rings. The van der Waals surface area contributed by atoms with Gasteiger partial charge in [-0.3, -0.25) is 9.48 Å². The zero-order chi connectivity index (χ0) is 13.7. The lowest BCUT2D eigenvalue weighted by atomic mass is 9.93. The average molecular weight is 266 g/mol. The molecule has 0 spiro atoms. The van der Waals surface area contributed by atoms with Crippen molar-refractivity contribution in [3.63, 3.8) is 0 Å². The van der Waals surface area contributed by atoms with Crippen LogP contribution in [0.1, 0.15) is 25.7 Å². The predicted octanol–water partition coefficient (Wildman–Crippen LogP) is 0.999. The Kier molecular flexibility index (Phi) is 4.79. The van der Waals surface area contributed by atoms with Crippen molar-refractivity contribution < 1.29 is 9.53 Å². The minimum absolute atomic E-state index is 0.0461. The molecule has 6 nitrogen and oxygen atoms in total. The summed E-state index contributed by atoms with van der Waals surface area (Å²) in [4.78, 5) is 11.2. The van der Waals surface area contributed by atoms with Gasteiger partial charge in [-0.05, 0) is 25.7 Å². The summed E-state index contributed by atoms with van der Waals surface area (Å²) in [5.41, 5.74) is 0.977. The van der Waals surface area contributed by atoms with Crippen molar-refractivity contribution in [1.29, 1.82) is 0 Å². The molecule has 2 rings (SSSR count). The zero-order valence-electron chi connectivity index (χ0n) is 11.6. The minimum Gasteiger partial charge on any atom is -0.381 e. The molecule has 2 N–H and O–H groups in total. The average Bonchev–Trinajstić information content (AvgIpc) is 2.86. The van der Waals surface area contributed by atoms with Gasteiger partial charge < -0.3 is 15.4 Å². The highest BCUT2D eigenvalue weighted by molar-refractivity contribution is 5.75. The number of carbonyl (C=O) groups is 1. The Morgan fingerprint density at radius 1 is 1.47 bits per heavy atom. The van der Waals surface area contributed by atoms with Crippen molar-refractivity contribution in [2.75, 3.05) is 19.5 Å². The molecular weight excluding hydrogens is 244 g/mol. The SMILES string of the molecule is CNC(=O)Cn1cc(NC2CCC(OC)CC2)cn1. The summed E-state index contributed by atoms with van der Waals surface area (Å²) in [5.74, 6) is -0.0461. The van der Waals surface area contributed by atoms with Crippen LogP contribution in [0.4, 0.5) is 5.69 Å². The molecule has 0 aliphatic heterocycles. The number of likely N-dealkylation sites (N-methyl/N-ethyl adjacent to an activating group) is 1. The van der Waals surface area contributed by atoms with Gasteiger partial charge in [-0.25, -0.2) is 0 Å². The lowest BCUT2D eigenvalue weighted by Gasteiger charge is -2.28. The molecule has 1 heterocycles. The lowest BCUT2D eigenvalue weighted by molar-refractivity contribution is -0.121. The van der Waals surface area contributed by atoms with E-state index in [1.54, 1.807) is 25.0 Å². The van der Waals surface area contributed by atoms with E-state index in [4.69, 9.17) is 4.74 Å². The third-order valence-corrected chi connectivity index (χ3v) is 3.60. The van der Waals surface area contributed by atoms with Crippen LogP contribution in [-0.2, 0) is 16.1 Å². The van der Waals surface area contributed by atoms with Gasteiger partial charge in [0.25, 0.3) is 0 Å². The van der Waals surface area contributed by atoms with Crippen LogP contribution in [0.15, 0.2) is 12.4 Å². The Labute approximate surface area is 113 Å². The van der Waals surface area contributed by atoms with E-state index in [0.717, 1.165) is 31.4 Å². The lowest BCUT2D eigenvalue weighted by Crippen LogP contribution is -2.29. The quantitative estimate of drug-likeness (QED) is 0.834. The van der Waals surface area contributed by atoms with Gasteiger partial charge in [0.2, 0.25) is 5.91 Å². The van der Waals surface area contributed by atoms with Gasteiger partial charge in [-0.2, -0.15) is 5.10 Å². The molecule has 0 radical (unpaired) electrons. The molecule has 106 valence electrons. The Bertz CT molecular complexity index is 411. The maximum atomic E-state index is 11.2. The molecule has 1 aliphatic rings. The Morgan fingerprint density at radius 3 is 2.84 bits per heavy atom. The number of carbonyl (C=O) groups excluding carboxylic acids is 1. The molecule has 0 unspecified atom stereocenters. The summed E-state index contributed by atoms with van der Waals surface area (Å²) >= 11 is 0. The van der Waals surface area contributed by atoms with Crippen LogP contribution in [-0.4, -0.2) is 42.0 Å². The largest absolute Gasteiger partial charge is 0.381 e. The number of amides is 1. The third-order valence-electron chi connectivity index (χ3n) is 3.60. The number of aromatic nitrogens is 2. The fourth-order valence-corrected chi connectivity index (χ4v) is 2.43. The Hall–Kier alpha value is -1.56. The number of anilines is 1. The second-order valence-electron chi connectivity index (χ2n) is 4.95. The number of nitrogens with zero attached hydrogens (tertiary/aromatic N) is 2. The van der Waals surface area contributed by atoms with Crippen LogP contribution in [0.5, 0.6) is 0 Å². The second kappa shape index (κ2) is 6.56. The maximum absolute atomic E-state index is 11.2. The first-order valence-electron chi connectivity index (χ1n) is 6.73. The summed E-state index contributed by atoms with van der Waals surface area (Å²) in [6.45, 7) is 0.259. The van der Waals surface area contributed by atoms with E-state index >= 15 is 0 Å². The highest BCUT2D eigenvalue weighted by Crippen LogP contribution is 2.23. The zero-order valence-corrected chi connectivity index (χ0v) is 11.6. The summed E-state index contributed by atoms with van der Waals surface area (Å²) in [6, 6.07) is 0.476. The first kappa shape index (κ1) is 13.9. The van der Waals surface area contributed by atoms with E-state index in [0.29, 0.717) is 12.1 Å². The van der Waals surface area contributed by atoms with Crippen LogP contribution >= 0.6 is 0 Å². The first-order valence-corrected chi connectivity index (χ1v) is 6.73. The molecule has 1 amide bonds. The fraction of sp³-hybridized carbons (Fsp3) is 0.692. The van der Waals surface area contributed by atoms with Crippen LogP contribution in [0.25, 0.3) is 0 Å². The van der Waals surface area contributed by atoms with Crippen molar-refractivity contribution in [2.24, 2.45) is 0 Å². The highest BCUT2D eigenvalue weighted by Gasteiger charge is 2.20. The van der Waals surface area contributed by atoms with E-state index < -0.39 is 0 Å². The van der Waals surface area contributed by atoms with Gasteiger partial charge >= 0.3 is 0 Å². The topological polar surface area (TPSA) is 68.2 Å². The molecule has 0 saturated heterocycles. The maximum Gasteiger partial charge on any atom is 0.241 e. The molecule has 1 aliphatic carbocycles. The highest BCUT2D eigenvalue weighted by atomic mass is 16.5. The number of nitrogens with one attached hydrogen (secondary N) is 2. The van der Waals surface area contributed by atoms with Gasteiger partial charge in [0, 0.05) is 26.4 Å². The van der Waals surface area contributed by atoms with Gasteiger partial charge in [0.15, 0.2) is 0 Å². The van der Waals surface area contributed by atoms with Crippen molar-refractivity contribution in [3.05, 3.63) is 12.4 Å². The van der Waals surface area contributed by atoms with Crippen molar-refractivity contribution >= 4 is 11.6 Å². The molecular formula is C13H22N4O2. The molecule has 0 bridgehead atoms. The van der Waals surface area contributed by atoms with Gasteiger partial charge in [0.1, 0.15) is 6.54 Å². The number of ether oxygens (including phenoxy) is 1. The molecule has 6 heteroatoms. The molecule has 0 aromatic carbocycles. The molecule has 1 aromatic heterocycles. The summed E-state index contributed by atoms with van der Waals surface area (Å²) in [7, 11) is 3.40. The third kappa shape index (κ3) is 3.96. The van der Waals surface area contributed by atoms with Crippen LogP contribution < -0.4 is 10.6 Å². The van der Waals surface area contributed by atoms with Crippen LogP contribution in [0.3, 0.4) is 0 Å². The normalized spacial score (nSPS) is 23.1. The smallest absolute Gasteiger partial charge is 0.241 e. The molecule has 19 heavy (non-hydrogen) atoms. The van der Waals surface area contributed by atoms with Crippen LogP contribution in [0, 0.1) is 0 Å². The standard InChI is InChI=1S/C13H22N4O2/c1-14-13(18)9-17-8-11(7-15-17)16-10-3-5-12(19-2)6-4-10/h7-8,10,12,16H,3-6,9H2,1-2H3,(H,14,18). The monoisotopic (exact) mass is 266 g/mol. The number of methoxy groups -OCH3 is 1. The Morgan fingerprint density at radius 2 is 2.21 bits per heavy atom. The van der Waals surface area contributed by atoms with Crippen LogP contribution in [0.2, 0.25) is 0 Å². The molecule has 0 atom stereocenters. The second-order valence-corrected chi connectivity index (χ2v) is 4.95. The van der Waals surface area contributed by atoms with E-state index in [1.807, 2.05) is 6.20 Å². The first-order chi connectivity index (χ1) is 9.21. The summed E-state index contributed by atoms with van der Waals surface area (Å²) < 4.78 is 7.00. The van der Waals surface area contributed by atoms with Gasteiger partial charge in [-0.1, -0.05) is 0 Å². The van der Waals surface area contributed by atoms with Gasteiger partial charge in [0.05, 0.1) is 18.0 Å². The molecule has 1 saturated carbocycles. The van der Waals surface area contributed by atoms with Gasteiger partial charge in [-0.15, -0.1) is 0 Å². The number of hydrogen-bond donors (Lipinski definition) is 2.